The van der Waals surface area contributed by atoms with Gasteiger partial charge in [-0.05, 0) is 36.2 Å². The van der Waals surface area contributed by atoms with Crippen molar-refractivity contribution in [1.29, 1.82) is 0 Å². The average Bonchev–Trinajstić information content (AvgIpc) is 2.70. The van der Waals surface area contributed by atoms with Crippen LogP contribution < -0.4 is 58.2 Å². The molecular weight excluding hydrogens is 433 g/mol. The number of alkyl halides is 1. The Morgan fingerprint density at radius 3 is 2.70 bits per heavy atom. The van der Waals surface area contributed by atoms with Gasteiger partial charge in [0.1, 0.15) is 0 Å². The van der Waals surface area contributed by atoms with Crippen molar-refractivity contribution in [3.63, 3.8) is 0 Å². The van der Waals surface area contributed by atoms with E-state index in [1.54, 1.807) is 0 Å². The predicted molar refractivity (Wildman–Crippen MR) is 88.4 cm³/mol. The van der Waals surface area contributed by atoms with Gasteiger partial charge in [0.15, 0.2) is 0 Å². The maximum atomic E-state index is 8.28. The van der Waals surface area contributed by atoms with Crippen LogP contribution in [-0.2, 0) is 5.41 Å². The molecule has 1 aliphatic heterocycles. The van der Waals surface area contributed by atoms with Crippen molar-refractivity contribution in [2.45, 2.75) is 37.5 Å². The number of rotatable bonds is 0. The average molecular weight is 449 g/mol. The van der Waals surface area contributed by atoms with E-state index in [2.05, 4.69) is 51.6 Å². The van der Waals surface area contributed by atoms with Crippen LogP contribution >= 0.6 is 22.6 Å². The predicted octanol–water partition coefficient (Wildman–Crippen LogP) is 1.77. The molecule has 1 saturated carbocycles. The third-order valence-electron chi connectivity index (χ3n) is 4.21. The van der Waals surface area contributed by atoms with Crippen molar-refractivity contribution >= 4 is 34.1 Å². The largest absolute Gasteiger partial charge is 1.00 e. The van der Waals surface area contributed by atoms with E-state index in [0.29, 0.717) is 5.84 Å². The molecule has 2 nitrogen and oxygen atoms in total. The van der Waals surface area contributed by atoms with Gasteiger partial charge in [-0.2, -0.15) is 0 Å². The Morgan fingerprint density at radius 2 is 2.00 bits per heavy atom. The molecule has 0 amide bonds. The molecule has 1 fully saturated rings. The van der Waals surface area contributed by atoms with Crippen molar-refractivity contribution in [2.75, 3.05) is 4.43 Å². The van der Waals surface area contributed by atoms with Gasteiger partial charge in [-0.1, -0.05) is 65.6 Å². The van der Waals surface area contributed by atoms with Crippen LogP contribution in [0.3, 0.4) is 0 Å². The quantitative estimate of drug-likeness (QED) is 0.330. The first kappa shape index (κ1) is 17.1. The Hall–Kier alpha value is 0.785. The first-order valence-electron chi connectivity index (χ1n) is 6.76. The Kier molecular flexibility index (Phi) is 6.31. The van der Waals surface area contributed by atoms with Gasteiger partial charge in [0.05, 0.1) is 4.43 Å². The molecule has 1 aliphatic carbocycles. The van der Waals surface area contributed by atoms with Crippen molar-refractivity contribution in [3.05, 3.63) is 35.1 Å². The molecule has 98 valence electrons. The number of hydrogen-bond acceptors (Lipinski definition) is 1. The third kappa shape index (κ3) is 3.10. The van der Waals surface area contributed by atoms with E-state index in [4.69, 9.17) is 5.73 Å². The van der Waals surface area contributed by atoms with Crippen LogP contribution in [0.15, 0.2) is 23.2 Å². The summed E-state index contributed by atoms with van der Waals surface area (Å²) in [5.74, 6) is 6.79. The number of benzene rings is 1. The molecule has 1 aromatic rings. The van der Waals surface area contributed by atoms with Crippen LogP contribution in [0.25, 0.3) is 5.73 Å². The van der Waals surface area contributed by atoms with Crippen LogP contribution in [0.2, 0.25) is 0 Å². The smallest absolute Gasteiger partial charge is 0.485 e. The molecule has 0 radical (unpaired) electrons. The molecular formula is C16H16IN2Rb. The number of aliphatic imine (C=N–C) groups is 1. The first-order valence-corrected chi connectivity index (χ1v) is 8.29. The van der Waals surface area contributed by atoms with Gasteiger partial charge >= 0.3 is 58.2 Å². The summed E-state index contributed by atoms with van der Waals surface area (Å²) in [6.07, 6.45) is 5.90. The van der Waals surface area contributed by atoms with Crippen LogP contribution in [0.5, 0.6) is 0 Å². The minimum absolute atomic E-state index is 0. The van der Waals surface area contributed by atoms with E-state index < -0.39 is 0 Å². The SMILES string of the molecule is [NH-]C1=Nc2cc(C#CCI)ccc2C12CCCCC2.[Rb+]. The Bertz CT molecular complexity index is 592. The van der Waals surface area contributed by atoms with E-state index in [0.717, 1.165) is 28.5 Å². The molecule has 0 saturated heterocycles. The number of hydrogen-bond donors (Lipinski definition) is 0. The van der Waals surface area contributed by atoms with Gasteiger partial charge in [-0.15, -0.1) is 0 Å². The normalized spacial score (nSPS) is 18.6. The fourth-order valence-corrected chi connectivity index (χ4v) is 3.45. The number of halogens is 1. The summed E-state index contributed by atoms with van der Waals surface area (Å²) in [7, 11) is 0. The Balaban J connectivity index is 0.00000147. The van der Waals surface area contributed by atoms with E-state index >= 15 is 0 Å². The summed E-state index contributed by atoms with van der Waals surface area (Å²) in [5, 5.41) is 0. The van der Waals surface area contributed by atoms with Crippen LogP contribution in [-0.4, -0.2) is 10.3 Å². The molecule has 0 atom stereocenters. The van der Waals surface area contributed by atoms with Gasteiger partial charge < -0.3 is 10.7 Å². The molecule has 2 aliphatic rings. The Morgan fingerprint density at radius 1 is 1.25 bits per heavy atom. The van der Waals surface area contributed by atoms with Crippen LogP contribution in [0.1, 0.15) is 43.2 Å². The van der Waals surface area contributed by atoms with Crippen molar-refractivity contribution in [3.8, 4) is 11.8 Å². The van der Waals surface area contributed by atoms with Gasteiger partial charge in [0.25, 0.3) is 0 Å². The van der Waals surface area contributed by atoms with Gasteiger partial charge in [-0.25, -0.2) is 0 Å². The fraction of sp³-hybridized carbons (Fsp3) is 0.438. The number of fused-ring (bicyclic) bond motifs is 2. The van der Waals surface area contributed by atoms with E-state index in [1.807, 2.05) is 6.07 Å². The minimum atomic E-state index is -0.0806. The zero-order valence-electron chi connectivity index (χ0n) is 11.8. The van der Waals surface area contributed by atoms with Crippen molar-refractivity contribution in [2.24, 2.45) is 4.99 Å². The second kappa shape index (κ2) is 7.37. The monoisotopic (exact) mass is 448 g/mol. The summed E-state index contributed by atoms with van der Waals surface area (Å²) in [5.41, 5.74) is 11.5. The van der Waals surface area contributed by atoms with Crippen LogP contribution in [0.4, 0.5) is 5.69 Å². The van der Waals surface area contributed by atoms with E-state index in [1.165, 1.54) is 24.8 Å². The summed E-state index contributed by atoms with van der Waals surface area (Å²) >= 11 is 2.25. The molecule has 0 aromatic heterocycles. The first-order chi connectivity index (χ1) is 9.26. The molecule has 0 bridgehead atoms. The van der Waals surface area contributed by atoms with E-state index in [9.17, 15) is 0 Å². The number of nitrogens with one attached hydrogen (secondary N) is 1. The van der Waals surface area contributed by atoms with E-state index in [-0.39, 0.29) is 63.6 Å². The number of nitrogens with zero attached hydrogens (tertiary/aromatic N) is 1. The maximum Gasteiger partial charge on any atom is 1.00 e. The summed E-state index contributed by atoms with van der Waals surface area (Å²) in [6, 6.07) is 6.29. The number of amidine groups is 1. The molecule has 4 heteroatoms. The van der Waals surface area contributed by atoms with Crippen LogP contribution in [0, 0.1) is 11.8 Å². The molecule has 3 rings (SSSR count). The second-order valence-electron chi connectivity index (χ2n) is 5.27. The Labute approximate surface area is 183 Å². The molecule has 1 spiro atoms. The third-order valence-corrected chi connectivity index (χ3v) is 4.59. The zero-order valence-corrected chi connectivity index (χ0v) is 18.9. The van der Waals surface area contributed by atoms with Gasteiger partial charge in [0.2, 0.25) is 0 Å². The fourth-order valence-electron chi connectivity index (χ4n) is 3.26. The summed E-state index contributed by atoms with van der Waals surface area (Å²) < 4.78 is 0.839. The molecule has 0 unspecified atom stereocenters. The topological polar surface area (TPSA) is 36.2 Å². The molecule has 1 N–H and O–H groups in total. The zero-order chi connectivity index (χ0) is 13.3. The minimum Gasteiger partial charge on any atom is -0.485 e. The molecule has 20 heavy (non-hydrogen) atoms. The van der Waals surface area contributed by atoms with Crippen molar-refractivity contribution in [1.82, 2.24) is 0 Å². The second-order valence-corrected chi connectivity index (χ2v) is 6.03. The van der Waals surface area contributed by atoms with Gasteiger partial charge in [-0.3, -0.25) is 0 Å². The standard InChI is InChI=1S/C16H16IN2.Rb/c17-10-4-5-12-6-7-13-14(11-12)19-15(18)16(13)8-2-1-3-9-16;/h6-7,11H,1-3,8-10H2,(H-,18,19);/q-1;+1. The summed E-state index contributed by atoms with van der Waals surface area (Å²) in [6.45, 7) is 0. The van der Waals surface area contributed by atoms with Gasteiger partial charge in [0, 0.05) is 11.0 Å². The van der Waals surface area contributed by atoms with Crippen molar-refractivity contribution < 1.29 is 58.2 Å². The maximum absolute atomic E-state index is 8.28. The molecule has 1 aromatic carbocycles. The molecule has 1 heterocycles. The summed E-state index contributed by atoms with van der Waals surface area (Å²) in [4.78, 5) is 4.51.